The zero-order chi connectivity index (χ0) is 18.7. The van der Waals surface area contributed by atoms with E-state index in [9.17, 15) is 18.0 Å². The summed E-state index contributed by atoms with van der Waals surface area (Å²) in [5.74, 6) is -0.733. The molecule has 26 heavy (non-hydrogen) atoms. The molecule has 0 aliphatic rings. The SMILES string of the molecule is O=C(Nc1cc(Cl)cc2cccnc12)c1ccc(OCC(F)(F)F)nc1. The van der Waals surface area contributed by atoms with Crippen molar-refractivity contribution in [3.63, 3.8) is 0 Å². The van der Waals surface area contributed by atoms with Gasteiger partial charge < -0.3 is 10.1 Å². The maximum Gasteiger partial charge on any atom is 0.422 e. The van der Waals surface area contributed by atoms with Crippen LogP contribution in [0.25, 0.3) is 10.9 Å². The van der Waals surface area contributed by atoms with Crippen LogP contribution in [0.3, 0.4) is 0 Å². The molecule has 0 atom stereocenters. The number of ether oxygens (including phenoxy) is 1. The molecule has 0 aliphatic carbocycles. The Bertz CT molecular complexity index is 946. The molecule has 5 nitrogen and oxygen atoms in total. The highest BCUT2D eigenvalue weighted by molar-refractivity contribution is 6.32. The van der Waals surface area contributed by atoms with Gasteiger partial charge in [-0.2, -0.15) is 13.2 Å². The molecule has 1 amide bonds. The van der Waals surface area contributed by atoms with E-state index < -0.39 is 18.7 Å². The van der Waals surface area contributed by atoms with Gasteiger partial charge in [0.05, 0.1) is 16.8 Å². The number of carbonyl (C=O) groups is 1. The van der Waals surface area contributed by atoms with Crippen LogP contribution in [0.2, 0.25) is 5.02 Å². The van der Waals surface area contributed by atoms with Crippen molar-refractivity contribution < 1.29 is 22.7 Å². The van der Waals surface area contributed by atoms with E-state index in [1.54, 1.807) is 30.5 Å². The van der Waals surface area contributed by atoms with Crippen LogP contribution in [0, 0.1) is 0 Å². The summed E-state index contributed by atoms with van der Waals surface area (Å²) in [4.78, 5) is 20.3. The van der Waals surface area contributed by atoms with Crippen LogP contribution in [0.15, 0.2) is 48.8 Å². The summed E-state index contributed by atoms with van der Waals surface area (Å²) >= 11 is 6.05. The predicted octanol–water partition coefficient (Wildman–Crippen LogP) is 4.48. The third kappa shape index (κ3) is 4.40. The monoisotopic (exact) mass is 381 g/mol. The van der Waals surface area contributed by atoms with E-state index >= 15 is 0 Å². The first kappa shape index (κ1) is 17.9. The predicted molar refractivity (Wildman–Crippen MR) is 90.5 cm³/mol. The number of halogens is 4. The normalized spacial score (nSPS) is 11.4. The van der Waals surface area contributed by atoms with Gasteiger partial charge in [-0.1, -0.05) is 17.7 Å². The van der Waals surface area contributed by atoms with Gasteiger partial charge in [0.2, 0.25) is 5.88 Å². The number of anilines is 1. The molecule has 0 bridgehead atoms. The fourth-order valence-electron chi connectivity index (χ4n) is 2.20. The van der Waals surface area contributed by atoms with Crippen LogP contribution in [-0.4, -0.2) is 28.7 Å². The van der Waals surface area contributed by atoms with E-state index in [4.69, 9.17) is 11.6 Å². The van der Waals surface area contributed by atoms with Crippen LogP contribution in [0.5, 0.6) is 5.88 Å². The second-order valence-electron chi connectivity index (χ2n) is 5.27. The van der Waals surface area contributed by atoms with Crippen LogP contribution < -0.4 is 10.1 Å². The molecular formula is C17H11ClF3N3O2. The highest BCUT2D eigenvalue weighted by atomic mass is 35.5. The molecule has 0 radical (unpaired) electrons. The summed E-state index contributed by atoms with van der Waals surface area (Å²) in [6.07, 6.45) is -1.75. The Morgan fingerprint density at radius 1 is 1.19 bits per heavy atom. The summed E-state index contributed by atoms with van der Waals surface area (Å²) in [5.41, 5.74) is 1.12. The molecule has 0 saturated carbocycles. The van der Waals surface area contributed by atoms with Crippen LogP contribution in [0.4, 0.5) is 18.9 Å². The molecule has 1 aromatic carbocycles. The molecule has 0 unspecified atom stereocenters. The van der Waals surface area contributed by atoms with Gasteiger partial charge in [-0.3, -0.25) is 9.78 Å². The number of nitrogens with zero attached hydrogens (tertiary/aromatic N) is 2. The van der Waals surface area contributed by atoms with Gasteiger partial charge in [0.25, 0.3) is 5.91 Å². The van der Waals surface area contributed by atoms with E-state index in [1.807, 2.05) is 0 Å². The largest absolute Gasteiger partial charge is 0.468 e. The lowest BCUT2D eigenvalue weighted by Crippen LogP contribution is -2.19. The summed E-state index contributed by atoms with van der Waals surface area (Å²) in [6.45, 7) is -1.45. The van der Waals surface area contributed by atoms with Crippen molar-refractivity contribution in [3.05, 3.63) is 59.4 Å². The average Bonchev–Trinajstić information content (AvgIpc) is 2.59. The van der Waals surface area contributed by atoms with Crippen molar-refractivity contribution in [2.45, 2.75) is 6.18 Å². The summed E-state index contributed by atoms with van der Waals surface area (Å²) in [5, 5.41) is 3.85. The Labute approximate surface area is 150 Å². The van der Waals surface area contributed by atoms with E-state index in [0.717, 1.165) is 11.6 Å². The number of alkyl halides is 3. The van der Waals surface area contributed by atoms with Crippen LogP contribution in [0.1, 0.15) is 10.4 Å². The summed E-state index contributed by atoms with van der Waals surface area (Å²) in [6, 6.07) is 9.33. The quantitative estimate of drug-likeness (QED) is 0.724. The van der Waals surface area contributed by atoms with E-state index in [-0.39, 0.29) is 11.4 Å². The fraction of sp³-hybridized carbons (Fsp3) is 0.118. The molecular weight excluding hydrogens is 371 g/mol. The van der Waals surface area contributed by atoms with E-state index in [2.05, 4.69) is 20.0 Å². The van der Waals surface area contributed by atoms with Gasteiger partial charge in [0.15, 0.2) is 6.61 Å². The third-order valence-electron chi connectivity index (χ3n) is 3.30. The Kier molecular flexibility index (Phi) is 4.94. The topological polar surface area (TPSA) is 64.1 Å². The number of fused-ring (bicyclic) bond motifs is 1. The number of hydrogen-bond donors (Lipinski definition) is 1. The Morgan fingerprint density at radius 3 is 2.69 bits per heavy atom. The van der Waals surface area contributed by atoms with Gasteiger partial charge in [0, 0.05) is 28.9 Å². The minimum Gasteiger partial charge on any atom is -0.468 e. The molecule has 1 N–H and O–H groups in total. The van der Waals surface area contributed by atoms with Gasteiger partial charge >= 0.3 is 6.18 Å². The van der Waals surface area contributed by atoms with E-state index in [1.165, 1.54) is 12.1 Å². The lowest BCUT2D eigenvalue weighted by Gasteiger charge is -2.10. The minimum atomic E-state index is -4.46. The summed E-state index contributed by atoms with van der Waals surface area (Å²) < 4.78 is 40.9. The Balaban J connectivity index is 1.76. The first-order valence-electron chi connectivity index (χ1n) is 7.33. The number of aromatic nitrogens is 2. The van der Waals surface area contributed by atoms with Crippen molar-refractivity contribution in [2.24, 2.45) is 0 Å². The van der Waals surface area contributed by atoms with Crippen LogP contribution in [-0.2, 0) is 0 Å². The Hall–Kier alpha value is -2.87. The highest BCUT2D eigenvalue weighted by Gasteiger charge is 2.28. The molecule has 3 aromatic rings. The van der Waals surface area contributed by atoms with Crippen molar-refractivity contribution >= 4 is 34.1 Å². The van der Waals surface area contributed by atoms with Crippen molar-refractivity contribution in [3.8, 4) is 5.88 Å². The molecule has 3 rings (SSSR count). The number of pyridine rings is 2. The molecule has 2 aromatic heterocycles. The van der Waals surface area contributed by atoms with Gasteiger partial charge in [-0.25, -0.2) is 4.98 Å². The standard InChI is InChI=1S/C17H11ClF3N3O2/c18-12-6-10-2-1-5-22-15(10)13(7-12)24-16(25)11-3-4-14(23-8-11)26-9-17(19,20)21/h1-8H,9H2,(H,24,25). The minimum absolute atomic E-state index is 0.147. The van der Waals surface area contributed by atoms with Crippen molar-refractivity contribution in [1.29, 1.82) is 0 Å². The smallest absolute Gasteiger partial charge is 0.422 e. The van der Waals surface area contributed by atoms with Gasteiger partial charge in [0.1, 0.15) is 0 Å². The molecule has 134 valence electrons. The molecule has 0 spiro atoms. The second kappa shape index (κ2) is 7.17. The van der Waals surface area contributed by atoms with Crippen molar-refractivity contribution in [1.82, 2.24) is 9.97 Å². The Morgan fingerprint density at radius 2 is 2.00 bits per heavy atom. The molecule has 0 fully saturated rings. The van der Waals surface area contributed by atoms with Crippen LogP contribution >= 0.6 is 11.6 Å². The van der Waals surface area contributed by atoms with Gasteiger partial charge in [-0.05, 0) is 24.3 Å². The van der Waals surface area contributed by atoms with Crippen molar-refractivity contribution in [2.75, 3.05) is 11.9 Å². The highest BCUT2D eigenvalue weighted by Crippen LogP contribution is 2.26. The number of nitrogens with one attached hydrogen (secondary N) is 1. The average molecular weight is 382 g/mol. The number of amides is 1. The van der Waals surface area contributed by atoms with Gasteiger partial charge in [-0.15, -0.1) is 0 Å². The number of rotatable bonds is 4. The number of benzene rings is 1. The first-order valence-corrected chi connectivity index (χ1v) is 7.71. The lowest BCUT2D eigenvalue weighted by atomic mass is 10.2. The molecule has 9 heteroatoms. The lowest BCUT2D eigenvalue weighted by molar-refractivity contribution is -0.154. The summed E-state index contributed by atoms with van der Waals surface area (Å²) in [7, 11) is 0. The zero-order valence-corrected chi connectivity index (χ0v) is 13.8. The van der Waals surface area contributed by atoms with E-state index in [0.29, 0.717) is 16.2 Å². The first-order chi connectivity index (χ1) is 12.3. The molecule has 0 aliphatic heterocycles. The maximum atomic E-state index is 12.4. The number of hydrogen-bond acceptors (Lipinski definition) is 4. The molecule has 0 saturated heterocycles. The number of carbonyl (C=O) groups excluding carboxylic acids is 1. The third-order valence-corrected chi connectivity index (χ3v) is 3.52. The zero-order valence-electron chi connectivity index (χ0n) is 13.0. The molecule has 2 heterocycles. The fourth-order valence-corrected chi connectivity index (χ4v) is 2.43. The maximum absolute atomic E-state index is 12.4. The second-order valence-corrected chi connectivity index (χ2v) is 5.71.